The van der Waals surface area contributed by atoms with Crippen LogP contribution in [0.4, 0.5) is 0 Å². The predicted octanol–water partition coefficient (Wildman–Crippen LogP) is 3.72. The second-order valence-corrected chi connectivity index (χ2v) is 8.47. The topological polar surface area (TPSA) is 58.6 Å². The summed E-state index contributed by atoms with van der Waals surface area (Å²) in [4.78, 5) is 27.5. The molecule has 0 radical (unpaired) electrons. The number of fused-ring (bicyclic) bond motifs is 2. The number of nitrogens with one attached hydrogen (secondary N) is 1. The molecular formula is C27H26N2O3. The van der Waals surface area contributed by atoms with E-state index in [1.807, 2.05) is 59.5 Å². The molecule has 0 saturated heterocycles. The van der Waals surface area contributed by atoms with E-state index in [0.29, 0.717) is 32.7 Å². The molecular weight excluding hydrogens is 400 g/mol. The zero-order valence-corrected chi connectivity index (χ0v) is 17.9. The van der Waals surface area contributed by atoms with Crippen LogP contribution in [0.2, 0.25) is 0 Å². The highest BCUT2D eigenvalue weighted by Crippen LogP contribution is 2.27. The lowest BCUT2D eigenvalue weighted by atomic mass is 9.98. The van der Waals surface area contributed by atoms with Crippen molar-refractivity contribution in [3.8, 4) is 5.75 Å². The summed E-state index contributed by atoms with van der Waals surface area (Å²) >= 11 is 0. The fourth-order valence-corrected chi connectivity index (χ4v) is 4.58. The molecule has 5 rings (SSSR count). The average Bonchev–Trinajstić information content (AvgIpc) is 3.41. The molecule has 2 heterocycles. The fraction of sp³-hybridized carbons (Fsp3) is 0.259. The van der Waals surface area contributed by atoms with E-state index in [1.165, 1.54) is 5.56 Å². The Morgan fingerprint density at radius 1 is 1.00 bits per heavy atom. The van der Waals surface area contributed by atoms with Crippen LogP contribution in [-0.4, -0.2) is 36.4 Å². The van der Waals surface area contributed by atoms with Crippen molar-refractivity contribution in [1.29, 1.82) is 0 Å². The molecule has 0 bridgehead atoms. The molecule has 0 unspecified atom stereocenters. The van der Waals surface area contributed by atoms with Gasteiger partial charge in [-0.1, -0.05) is 60.7 Å². The van der Waals surface area contributed by atoms with Gasteiger partial charge in [0.2, 0.25) is 5.91 Å². The van der Waals surface area contributed by atoms with Crippen LogP contribution in [0, 0.1) is 0 Å². The van der Waals surface area contributed by atoms with Gasteiger partial charge in [0.05, 0.1) is 13.0 Å². The van der Waals surface area contributed by atoms with Crippen molar-refractivity contribution >= 4 is 11.8 Å². The minimum atomic E-state index is -0.0131. The van der Waals surface area contributed by atoms with Gasteiger partial charge in [0.25, 0.3) is 5.91 Å². The van der Waals surface area contributed by atoms with Crippen molar-refractivity contribution in [1.82, 2.24) is 10.2 Å². The first-order chi connectivity index (χ1) is 15.7. The van der Waals surface area contributed by atoms with Crippen LogP contribution >= 0.6 is 0 Å². The summed E-state index contributed by atoms with van der Waals surface area (Å²) in [5.41, 5.74) is 5.13. The van der Waals surface area contributed by atoms with Gasteiger partial charge in [0.1, 0.15) is 5.75 Å². The molecule has 2 aliphatic heterocycles. The Kier molecular flexibility index (Phi) is 5.63. The number of benzene rings is 3. The van der Waals surface area contributed by atoms with E-state index in [0.717, 1.165) is 34.4 Å². The Morgan fingerprint density at radius 3 is 2.66 bits per heavy atom. The fourth-order valence-electron chi connectivity index (χ4n) is 4.58. The van der Waals surface area contributed by atoms with Crippen molar-refractivity contribution in [2.24, 2.45) is 0 Å². The minimum absolute atomic E-state index is 0.0131. The smallest absolute Gasteiger partial charge is 0.254 e. The summed E-state index contributed by atoms with van der Waals surface area (Å²) in [5, 5.41) is 3.10. The van der Waals surface area contributed by atoms with E-state index in [4.69, 9.17) is 4.74 Å². The molecule has 2 aliphatic rings. The maximum absolute atomic E-state index is 12.9. The van der Waals surface area contributed by atoms with Gasteiger partial charge in [-0.25, -0.2) is 0 Å². The van der Waals surface area contributed by atoms with Crippen molar-refractivity contribution in [3.63, 3.8) is 0 Å². The highest BCUT2D eigenvalue weighted by Gasteiger charge is 2.29. The monoisotopic (exact) mass is 426 g/mol. The summed E-state index contributed by atoms with van der Waals surface area (Å²) in [6.45, 7) is 2.37. The largest absolute Gasteiger partial charge is 0.493 e. The predicted molar refractivity (Wildman–Crippen MR) is 123 cm³/mol. The molecule has 0 aliphatic carbocycles. The third-order valence-electron chi connectivity index (χ3n) is 6.27. The quantitative estimate of drug-likeness (QED) is 0.627. The summed E-state index contributed by atoms with van der Waals surface area (Å²) in [5.74, 6) is 0.996. The second kappa shape index (κ2) is 8.87. The van der Waals surface area contributed by atoms with Gasteiger partial charge in [0, 0.05) is 37.5 Å². The Bertz CT molecular complexity index is 1140. The van der Waals surface area contributed by atoms with Crippen LogP contribution in [-0.2, 0) is 24.2 Å². The van der Waals surface area contributed by atoms with Gasteiger partial charge in [-0.2, -0.15) is 0 Å². The minimum Gasteiger partial charge on any atom is -0.493 e. The van der Waals surface area contributed by atoms with Gasteiger partial charge < -0.3 is 15.0 Å². The number of hydrogen-bond donors (Lipinski definition) is 1. The molecule has 0 spiro atoms. The Balaban J connectivity index is 1.25. The number of nitrogens with zero attached hydrogens (tertiary/aromatic N) is 1. The van der Waals surface area contributed by atoms with E-state index < -0.39 is 0 Å². The standard InChI is InChI=1S/C27H26N2O3/c30-26(15-19-10-11-25-21(14-19)12-13-32-25)28-16-23(20-6-2-1-3-7-20)18-29-17-22-8-4-5-9-24(22)27(29)31/h1-11,14,23H,12-13,15-18H2,(H,28,30)/t23-/m0/s1. The molecule has 0 fully saturated rings. The number of ether oxygens (including phenoxy) is 1. The van der Waals surface area contributed by atoms with Crippen molar-refractivity contribution < 1.29 is 14.3 Å². The molecule has 0 saturated carbocycles. The zero-order chi connectivity index (χ0) is 21.9. The molecule has 3 aromatic carbocycles. The Labute approximate surface area is 188 Å². The van der Waals surface area contributed by atoms with Gasteiger partial charge >= 0.3 is 0 Å². The Hall–Kier alpha value is -3.60. The maximum Gasteiger partial charge on any atom is 0.254 e. The van der Waals surface area contributed by atoms with Gasteiger partial charge in [-0.05, 0) is 34.4 Å². The lowest BCUT2D eigenvalue weighted by Crippen LogP contribution is -2.36. The average molecular weight is 427 g/mol. The first-order valence-corrected chi connectivity index (χ1v) is 11.1. The van der Waals surface area contributed by atoms with Crippen LogP contribution < -0.4 is 10.1 Å². The van der Waals surface area contributed by atoms with Crippen molar-refractivity contribution in [2.75, 3.05) is 19.7 Å². The summed E-state index contributed by atoms with van der Waals surface area (Å²) in [7, 11) is 0. The van der Waals surface area contributed by atoms with Crippen LogP contribution in [0.15, 0.2) is 72.8 Å². The van der Waals surface area contributed by atoms with Crippen LogP contribution in [0.25, 0.3) is 0 Å². The number of hydrogen-bond acceptors (Lipinski definition) is 3. The highest BCUT2D eigenvalue weighted by molar-refractivity contribution is 5.98. The number of amides is 2. The molecule has 5 nitrogen and oxygen atoms in total. The van der Waals surface area contributed by atoms with E-state index in [-0.39, 0.29) is 17.7 Å². The SMILES string of the molecule is O=C(Cc1ccc2c(c1)CCO2)NC[C@@H](CN1Cc2ccccc2C1=O)c1ccccc1. The Morgan fingerprint density at radius 2 is 1.81 bits per heavy atom. The first-order valence-electron chi connectivity index (χ1n) is 11.1. The molecule has 0 aromatic heterocycles. The third-order valence-corrected chi connectivity index (χ3v) is 6.27. The molecule has 1 atom stereocenters. The lowest BCUT2D eigenvalue weighted by molar-refractivity contribution is -0.120. The van der Waals surface area contributed by atoms with Gasteiger partial charge in [-0.15, -0.1) is 0 Å². The lowest BCUT2D eigenvalue weighted by Gasteiger charge is -2.24. The molecule has 162 valence electrons. The zero-order valence-electron chi connectivity index (χ0n) is 17.9. The number of carbonyl (C=O) groups excluding carboxylic acids is 2. The van der Waals surface area contributed by atoms with Crippen LogP contribution in [0.5, 0.6) is 5.75 Å². The van der Waals surface area contributed by atoms with Gasteiger partial charge in [0.15, 0.2) is 0 Å². The molecule has 1 N–H and O–H groups in total. The third kappa shape index (κ3) is 4.24. The van der Waals surface area contributed by atoms with Crippen molar-refractivity contribution in [2.45, 2.75) is 25.3 Å². The maximum atomic E-state index is 12.9. The summed E-state index contributed by atoms with van der Waals surface area (Å²) in [6.07, 6.45) is 1.23. The second-order valence-electron chi connectivity index (χ2n) is 8.47. The van der Waals surface area contributed by atoms with Gasteiger partial charge in [-0.3, -0.25) is 9.59 Å². The summed E-state index contributed by atoms with van der Waals surface area (Å²) in [6, 6.07) is 23.8. The molecule has 32 heavy (non-hydrogen) atoms. The molecule has 2 amide bonds. The van der Waals surface area contributed by atoms with Crippen LogP contribution in [0.1, 0.15) is 38.5 Å². The van der Waals surface area contributed by atoms with E-state index in [9.17, 15) is 9.59 Å². The molecule has 5 heteroatoms. The number of rotatable bonds is 7. The van der Waals surface area contributed by atoms with E-state index >= 15 is 0 Å². The van der Waals surface area contributed by atoms with Crippen LogP contribution in [0.3, 0.4) is 0 Å². The first kappa shape index (κ1) is 20.3. The van der Waals surface area contributed by atoms with Crippen molar-refractivity contribution in [3.05, 3.63) is 101 Å². The normalized spacial score (nSPS) is 15.1. The highest BCUT2D eigenvalue weighted by atomic mass is 16.5. The van der Waals surface area contributed by atoms with E-state index in [1.54, 1.807) is 0 Å². The summed E-state index contributed by atoms with van der Waals surface area (Å²) < 4.78 is 5.55. The molecule has 3 aromatic rings. The number of carbonyl (C=O) groups is 2. The van der Waals surface area contributed by atoms with E-state index in [2.05, 4.69) is 23.5 Å².